The van der Waals surface area contributed by atoms with E-state index in [-0.39, 0.29) is 32.7 Å². The molecule has 10 aromatic carbocycles. The number of benzene rings is 10. The molecule has 1 aromatic heterocycles. The van der Waals surface area contributed by atoms with Crippen LogP contribution in [0.25, 0.3) is 109 Å². The topological polar surface area (TPSA) is 175 Å². The molecule has 0 bridgehead atoms. The predicted molar refractivity (Wildman–Crippen MR) is 231 cm³/mol. The predicted octanol–water partition coefficient (Wildman–Crippen LogP) is 12.0. The smallest absolute Gasteiger partial charge is 0.204 e. The van der Waals surface area contributed by atoms with Gasteiger partial charge in [0, 0.05) is 48.8 Å². The number of hydrogen-bond donors (Lipinski definition) is 8. The average molecular weight is 775 g/mol. The van der Waals surface area contributed by atoms with E-state index in [0.717, 1.165) is 54.6 Å². The molecule has 0 aliphatic carbocycles. The minimum atomic E-state index is -1.03. The van der Waals surface area contributed by atoms with Crippen molar-refractivity contribution in [3.8, 4) is 79.4 Å². The molecule has 0 unspecified atom stereocenters. The molecule has 59 heavy (non-hydrogen) atoms. The number of fused-ring (bicyclic) bond motifs is 9. The zero-order valence-electron chi connectivity index (χ0n) is 30.7. The first-order valence-electron chi connectivity index (χ1n) is 18.7. The van der Waals surface area contributed by atoms with Gasteiger partial charge in [0.1, 0.15) is 11.2 Å². The van der Waals surface area contributed by atoms with Crippen LogP contribution in [-0.4, -0.2) is 40.9 Å². The number of rotatable bonds is 3. The first-order chi connectivity index (χ1) is 28.6. The molecule has 0 fully saturated rings. The fourth-order valence-corrected chi connectivity index (χ4v) is 8.98. The van der Waals surface area contributed by atoms with Crippen LogP contribution in [0.4, 0.5) is 0 Å². The third-order valence-electron chi connectivity index (χ3n) is 11.7. The van der Waals surface area contributed by atoms with Gasteiger partial charge < -0.3 is 45.3 Å². The Labute approximate surface area is 333 Å². The molecule has 0 saturated carbocycles. The number of phenols is 8. The van der Waals surface area contributed by atoms with Gasteiger partial charge in [0.2, 0.25) is 23.0 Å². The van der Waals surface area contributed by atoms with Gasteiger partial charge in [0.05, 0.1) is 0 Å². The Morgan fingerprint density at radius 1 is 0.305 bits per heavy atom. The minimum absolute atomic E-state index is 0.00182. The summed E-state index contributed by atoms with van der Waals surface area (Å²) in [6, 6.07) is 41.9. The molecule has 11 rings (SSSR count). The van der Waals surface area contributed by atoms with E-state index in [1.807, 2.05) is 84.9 Å². The van der Waals surface area contributed by atoms with Crippen LogP contribution >= 0.6 is 0 Å². The normalized spacial score (nSPS) is 11.9. The fraction of sp³-hybridized carbons (Fsp3) is 0. The lowest BCUT2D eigenvalue weighted by atomic mass is 9.82. The highest BCUT2D eigenvalue weighted by atomic mass is 16.4. The van der Waals surface area contributed by atoms with Crippen LogP contribution in [0.3, 0.4) is 0 Å². The molecular weight excluding hydrogens is 745 g/mol. The molecule has 9 heteroatoms. The second-order valence-corrected chi connectivity index (χ2v) is 14.8. The Morgan fingerprint density at radius 2 is 0.797 bits per heavy atom. The molecule has 284 valence electrons. The van der Waals surface area contributed by atoms with E-state index < -0.39 is 46.0 Å². The Kier molecular flexibility index (Phi) is 6.97. The van der Waals surface area contributed by atoms with Crippen molar-refractivity contribution < 1.29 is 45.3 Å². The maximum Gasteiger partial charge on any atom is 0.204 e. The highest BCUT2D eigenvalue weighted by Crippen LogP contribution is 2.62. The minimum Gasteiger partial charge on any atom is -0.504 e. The van der Waals surface area contributed by atoms with E-state index >= 15 is 0 Å². The Morgan fingerprint density at radius 3 is 1.46 bits per heavy atom. The molecule has 0 aliphatic rings. The van der Waals surface area contributed by atoms with Crippen molar-refractivity contribution in [2.24, 2.45) is 0 Å². The van der Waals surface area contributed by atoms with E-state index in [2.05, 4.69) is 12.1 Å². The van der Waals surface area contributed by atoms with Gasteiger partial charge in [0.25, 0.3) is 0 Å². The van der Waals surface area contributed by atoms with Gasteiger partial charge in [-0.25, -0.2) is 0 Å². The lowest BCUT2D eigenvalue weighted by Gasteiger charge is -2.23. The molecule has 0 atom stereocenters. The lowest BCUT2D eigenvalue weighted by Crippen LogP contribution is -1.95. The summed E-state index contributed by atoms with van der Waals surface area (Å²) in [7, 11) is 0. The number of phenolic OH excluding ortho intramolecular Hbond substituents is 8. The summed E-state index contributed by atoms with van der Waals surface area (Å²) in [6.07, 6.45) is 0. The summed E-state index contributed by atoms with van der Waals surface area (Å²) in [5, 5.41) is 97.3. The van der Waals surface area contributed by atoms with Gasteiger partial charge >= 0.3 is 0 Å². The molecule has 9 nitrogen and oxygen atoms in total. The van der Waals surface area contributed by atoms with Gasteiger partial charge in [-0.3, -0.25) is 0 Å². The molecule has 0 saturated heterocycles. The second kappa shape index (κ2) is 12.1. The van der Waals surface area contributed by atoms with Crippen molar-refractivity contribution in [3.05, 3.63) is 133 Å². The molecule has 0 amide bonds. The molecule has 1 heterocycles. The largest absolute Gasteiger partial charge is 0.504 e. The maximum atomic E-state index is 11.8. The van der Waals surface area contributed by atoms with Crippen molar-refractivity contribution in [2.45, 2.75) is 0 Å². The van der Waals surface area contributed by atoms with Crippen LogP contribution in [0.15, 0.2) is 138 Å². The highest BCUT2D eigenvalue weighted by molar-refractivity contribution is 6.30. The van der Waals surface area contributed by atoms with Gasteiger partial charge in [-0.2, -0.15) is 0 Å². The highest BCUT2D eigenvalue weighted by Gasteiger charge is 2.33. The van der Waals surface area contributed by atoms with Crippen LogP contribution in [0, 0.1) is 0 Å². The SMILES string of the molecule is Oc1c(O)c(O)c2c(-c3cccc4ccccc34)c3c(O)c(O)c(O)c(O)c3c(-c3ccc4ccc(-c5cccc6oc7c8ccccc8ccc7c56)cc4c3)c2c1O. The molecular formula is C50H30O9. The number of furan rings is 1. The first-order valence-corrected chi connectivity index (χ1v) is 18.7. The fourth-order valence-electron chi connectivity index (χ4n) is 8.98. The first kappa shape index (κ1) is 34.0. The third kappa shape index (κ3) is 4.61. The monoisotopic (exact) mass is 774 g/mol. The lowest BCUT2D eigenvalue weighted by molar-refractivity contribution is 0.350. The Balaban J connectivity index is 1.25. The van der Waals surface area contributed by atoms with Gasteiger partial charge in [-0.05, 0) is 73.5 Å². The van der Waals surface area contributed by atoms with Crippen molar-refractivity contribution in [2.75, 3.05) is 0 Å². The van der Waals surface area contributed by atoms with Crippen molar-refractivity contribution in [3.63, 3.8) is 0 Å². The van der Waals surface area contributed by atoms with Crippen molar-refractivity contribution in [1.29, 1.82) is 0 Å². The van der Waals surface area contributed by atoms with E-state index in [0.29, 0.717) is 21.9 Å². The standard InChI is InChI=1S/C50H30O9/c51-42-38-35(27-18-16-23-15-17-26(21-28(23)22-27)30-12-6-14-34-36(30)33-20-19-25-8-2-4-11-31(25)50(33)59-34)39-41(45(54)49(58)47(56)43(39)52)37(40(38)44(53)48(57)46(42)55)32-13-5-9-24-7-1-3-10-29(24)32/h1-22,51-58H. The summed E-state index contributed by atoms with van der Waals surface area (Å²) in [5.41, 5.74) is 3.98. The zero-order chi connectivity index (χ0) is 40.4. The van der Waals surface area contributed by atoms with E-state index in [1.54, 1.807) is 36.4 Å². The van der Waals surface area contributed by atoms with E-state index in [4.69, 9.17) is 4.42 Å². The van der Waals surface area contributed by atoms with E-state index in [1.165, 1.54) is 0 Å². The molecule has 0 aliphatic heterocycles. The van der Waals surface area contributed by atoms with Gasteiger partial charge in [-0.15, -0.1) is 0 Å². The summed E-state index contributed by atoms with van der Waals surface area (Å²) in [4.78, 5) is 0. The summed E-state index contributed by atoms with van der Waals surface area (Å²) >= 11 is 0. The maximum absolute atomic E-state index is 11.8. The molecule has 0 radical (unpaired) electrons. The van der Waals surface area contributed by atoms with E-state index in [9.17, 15) is 40.9 Å². The van der Waals surface area contributed by atoms with Crippen LogP contribution in [0.5, 0.6) is 46.0 Å². The van der Waals surface area contributed by atoms with Crippen molar-refractivity contribution >= 4 is 75.8 Å². The molecule has 11 aromatic rings. The van der Waals surface area contributed by atoms with Gasteiger partial charge in [-0.1, -0.05) is 109 Å². The number of aromatic hydroxyl groups is 8. The number of hydrogen-bond acceptors (Lipinski definition) is 9. The van der Waals surface area contributed by atoms with Crippen LogP contribution in [-0.2, 0) is 0 Å². The van der Waals surface area contributed by atoms with Gasteiger partial charge in [0.15, 0.2) is 23.0 Å². The molecule has 0 spiro atoms. The van der Waals surface area contributed by atoms with Crippen LogP contribution in [0.2, 0.25) is 0 Å². The summed E-state index contributed by atoms with van der Waals surface area (Å²) in [5.74, 6) is -7.42. The molecule has 8 N–H and O–H groups in total. The summed E-state index contributed by atoms with van der Waals surface area (Å²) in [6.45, 7) is 0. The van der Waals surface area contributed by atoms with Crippen LogP contribution < -0.4 is 0 Å². The Bertz CT molecular complexity index is 3570. The third-order valence-corrected chi connectivity index (χ3v) is 11.7. The average Bonchev–Trinajstić information content (AvgIpc) is 3.67. The van der Waals surface area contributed by atoms with Crippen LogP contribution in [0.1, 0.15) is 0 Å². The quantitative estimate of drug-likeness (QED) is 0.0493. The zero-order valence-corrected chi connectivity index (χ0v) is 30.7. The van der Waals surface area contributed by atoms with Crippen molar-refractivity contribution in [1.82, 2.24) is 0 Å². The summed E-state index contributed by atoms with van der Waals surface area (Å²) < 4.78 is 6.45. The Hall–Kier alpha value is -8.30. The second-order valence-electron chi connectivity index (χ2n) is 14.8.